The van der Waals surface area contributed by atoms with Gasteiger partial charge in [0.05, 0.1) is 0 Å². The van der Waals surface area contributed by atoms with Crippen LogP contribution >= 0.6 is 0 Å². The molecule has 2 fully saturated rings. The highest BCUT2D eigenvalue weighted by Gasteiger charge is 2.47. The first-order chi connectivity index (χ1) is 7.80. The molecule has 0 aromatic rings. The Kier molecular flexibility index (Phi) is 2.92. The Labute approximate surface area is 102 Å². The van der Waals surface area contributed by atoms with Gasteiger partial charge in [-0.15, -0.1) is 0 Å². The maximum atomic E-state index is 11.9. The first kappa shape index (κ1) is 12.4. The van der Waals surface area contributed by atoms with Crippen LogP contribution in [0.1, 0.15) is 46.5 Å². The van der Waals surface area contributed by atoms with Crippen molar-refractivity contribution in [1.82, 2.24) is 4.90 Å². The number of Topliss-reactive ketones (excluding diaryl/α,β-unsaturated/α-hetero) is 1. The summed E-state index contributed by atoms with van der Waals surface area (Å²) in [5.74, 6) is 0.330. The molecule has 1 saturated carbocycles. The molecule has 1 amide bonds. The van der Waals surface area contributed by atoms with Crippen LogP contribution in [0.5, 0.6) is 0 Å². The van der Waals surface area contributed by atoms with E-state index in [0.29, 0.717) is 25.2 Å². The first-order valence-electron chi connectivity index (χ1n) is 6.29. The van der Waals surface area contributed by atoms with Gasteiger partial charge in [-0.25, -0.2) is 4.79 Å². The van der Waals surface area contributed by atoms with Crippen molar-refractivity contribution in [3.8, 4) is 0 Å². The number of hydrogen-bond donors (Lipinski definition) is 0. The molecule has 1 heterocycles. The summed E-state index contributed by atoms with van der Waals surface area (Å²) in [6.45, 7) is 7.06. The average molecular weight is 239 g/mol. The number of ether oxygens (including phenoxy) is 1. The van der Waals surface area contributed by atoms with Gasteiger partial charge < -0.3 is 9.64 Å². The summed E-state index contributed by atoms with van der Waals surface area (Å²) in [5, 5.41) is 0. The van der Waals surface area contributed by atoms with Gasteiger partial charge in [-0.1, -0.05) is 0 Å². The summed E-state index contributed by atoms with van der Waals surface area (Å²) < 4.78 is 5.37. The number of amides is 1. The standard InChI is InChI=1S/C13H21NO3/c1-12(2,3)17-11(16)14-6-4-5-13(9-14)7-10(15)8-13/h4-9H2,1-3H3. The van der Waals surface area contributed by atoms with E-state index in [1.54, 1.807) is 4.90 Å². The van der Waals surface area contributed by atoms with Crippen LogP contribution in [0.2, 0.25) is 0 Å². The zero-order chi connectivity index (χ0) is 12.7. The smallest absolute Gasteiger partial charge is 0.410 e. The van der Waals surface area contributed by atoms with E-state index in [2.05, 4.69) is 0 Å². The molecular formula is C13H21NO3. The zero-order valence-corrected chi connectivity index (χ0v) is 10.9. The van der Waals surface area contributed by atoms with E-state index in [1.807, 2.05) is 20.8 Å². The molecule has 0 aromatic heterocycles. The lowest BCUT2D eigenvalue weighted by molar-refractivity contribution is -0.136. The van der Waals surface area contributed by atoms with Crippen molar-refractivity contribution in [3.63, 3.8) is 0 Å². The SMILES string of the molecule is CC(C)(C)OC(=O)N1CCCC2(CC(=O)C2)C1. The third-order valence-electron chi connectivity index (χ3n) is 3.46. The van der Waals surface area contributed by atoms with Crippen LogP contribution < -0.4 is 0 Å². The van der Waals surface area contributed by atoms with Gasteiger partial charge in [0.25, 0.3) is 0 Å². The molecule has 2 aliphatic rings. The highest BCUT2D eigenvalue weighted by atomic mass is 16.6. The fraction of sp³-hybridized carbons (Fsp3) is 0.846. The van der Waals surface area contributed by atoms with Crippen LogP contribution in [0.3, 0.4) is 0 Å². The monoisotopic (exact) mass is 239 g/mol. The Balaban J connectivity index is 1.94. The molecule has 17 heavy (non-hydrogen) atoms. The van der Waals surface area contributed by atoms with Crippen molar-refractivity contribution in [2.45, 2.75) is 52.1 Å². The Bertz CT molecular complexity index is 335. The maximum absolute atomic E-state index is 11.9. The number of rotatable bonds is 0. The lowest BCUT2D eigenvalue weighted by Crippen LogP contribution is -2.53. The molecule has 1 aliphatic carbocycles. The number of hydrogen-bond acceptors (Lipinski definition) is 3. The third-order valence-corrected chi connectivity index (χ3v) is 3.46. The Hall–Kier alpha value is -1.06. The van der Waals surface area contributed by atoms with Gasteiger partial charge in [-0.2, -0.15) is 0 Å². The number of carbonyl (C=O) groups excluding carboxylic acids is 2. The number of likely N-dealkylation sites (tertiary alicyclic amines) is 1. The minimum atomic E-state index is -0.447. The number of piperidine rings is 1. The number of ketones is 1. The van der Waals surface area contributed by atoms with Gasteiger partial charge in [0, 0.05) is 31.3 Å². The second-order valence-electron chi connectivity index (χ2n) is 6.40. The van der Waals surface area contributed by atoms with E-state index >= 15 is 0 Å². The van der Waals surface area contributed by atoms with Gasteiger partial charge in [-0.05, 0) is 33.6 Å². The summed E-state index contributed by atoms with van der Waals surface area (Å²) in [6.07, 6.45) is 3.10. The van der Waals surface area contributed by atoms with Crippen molar-refractivity contribution in [1.29, 1.82) is 0 Å². The fourth-order valence-corrected chi connectivity index (χ4v) is 2.76. The molecule has 0 radical (unpaired) electrons. The third kappa shape index (κ3) is 2.79. The summed E-state index contributed by atoms with van der Waals surface area (Å²) >= 11 is 0. The molecule has 0 aromatic carbocycles. The molecule has 1 saturated heterocycles. The van der Waals surface area contributed by atoms with Crippen LogP contribution in [0.15, 0.2) is 0 Å². The van der Waals surface area contributed by atoms with Crippen LogP contribution in [-0.4, -0.2) is 35.5 Å². The van der Waals surface area contributed by atoms with Gasteiger partial charge in [0.1, 0.15) is 11.4 Å². The van der Waals surface area contributed by atoms with E-state index in [4.69, 9.17) is 4.74 Å². The zero-order valence-electron chi connectivity index (χ0n) is 10.9. The minimum Gasteiger partial charge on any atom is -0.444 e. The molecule has 4 heteroatoms. The first-order valence-corrected chi connectivity index (χ1v) is 6.29. The second kappa shape index (κ2) is 4.00. The van der Waals surface area contributed by atoms with E-state index in [1.165, 1.54) is 0 Å². The van der Waals surface area contributed by atoms with E-state index in [-0.39, 0.29) is 11.5 Å². The summed E-state index contributed by atoms with van der Waals surface area (Å²) in [5.41, 5.74) is -0.372. The summed E-state index contributed by atoms with van der Waals surface area (Å²) in [6, 6.07) is 0. The van der Waals surface area contributed by atoms with Crippen LogP contribution in [0.4, 0.5) is 4.79 Å². The van der Waals surface area contributed by atoms with Crippen molar-refractivity contribution < 1.29 is 14.3 Å². The topological polar surface area (TPSA) is 46.6 Å². The minimum absolute atomic E-state index is 0.0756. The van der Waals surface area contributed by atoms with Crippen molar-refractivity contribution in [3.05, 3.63) is 0 Å². The lowest BCUT2D eigenvalue weighted by atomic mass is 9.63. The largest absolute Gasteiger partial charge is 0.444 e. The van der Waals surface area contributed by atoms with Crippen LogP contribution in [0.25, 0.3) is 0 Å². The predicted octanol–water partition coefficient (Wildman–Crippen LogP) is 2.37. The average Bonchev–Trinajstić information content (AvgIpc) is 2.13. The van der Waals surface area contributed by atoms with Gasteiger partial charge >= 0.3 is 6.09 Å². The van der Waals surface area contributed by atoms with Gasteiger partial charge in [-0.3, -0.25) is 4.79 Å². The van der Waals surface area contributed by atoms with E-state index in [9.17, 15) is 9.59 Å². The molecule has 0 unspecified atom stereocenters. The normalized spacial score (nSPS) is 23.5. The highest BCUT2D eigenvalue weighted by Crippen LogP contribution is 2.45. The number of nitrogens with zero attached hydrogens (tertiary/aromatic N) is 1. The van der Waals surface area contributed by atoms with Gasteiger partial charge in [0.15, 0.2) is 0 Å². The molecule has 0 bridgehead atoms. The molecule has 4 nitrogen and oxygen atoms in total. The highest BCUT2D eigenvalue weighted by molar-refractivity contribution is 5.86. The predicted molar refractivity (Wildman–Crippen MR) is 63.7 cm³/mol. The van der Waals surface area contributed by atoms with E-state index in [0.717, 1.165) is 19.4 Å². The molecule has 96 valence electrons. The Morgan fingerprint density at radius 2 is 2.00 bits per heavy atom. The molecule has 0 atom stereocenters. The van der Waals surface area contributed by atoms with Crippen molar-refractivity contribution >= 4 is 11.9 Å². The van der Waals surface area contributed by atoms with E-state index < -0.39 is 5.60 Å². The molecular weight excluding hydrogens is 218 g/mol. The van der Waals surface area contributed by atoms with Crippen LogP contribution in [-0.2, 0) is 9.53 Å². The molecule has 2 rings (SSSR count). The fourth-order valence-electron chi connectivity index (χ4n) is 2.76. The Morgan fingerprint density at radius 1 is 1.35 bits per heavy atom. The number of carbonyl (C=O) groups is 2. The lowest BCUT2D eigenvalue weighted by Gasteiger charge is -2.47. The summed E-state index contributed by atoms with van der Waals surface area (Å²) in [7, 11) is 0. The maximum Gasteiger partial charge on any atom is 0.410 e. The quantitative estimate of drug-likeness (QED) is 0.652. The molecule has 1 spiro atoms. The van der Waals surface area contributed by atoms with Crippen molar-refractivity contribution in [2.75, 3.05) is 13.1 Å². The van der Waals surface area contributed by atoms with Crippen LogP contribution in [0, 0.1) is 5.41 Å². The Morgan fingerprint density at radius 3 is 2.53 bits per heavy atom. The van der Waals surface area contributed by atoms with Gasteiger partial charge in [0.2, 0.25) is 0 Å². The second-order valence-corrected chi connectivity index (χ2v) is 6.40. The molecule has 1 aliphatic heterocycles. The summed E-state index contributed by atoms with van der Waals surface area (Å²) in [4.78, 5) is 24.9. The van der Waals surface area contributed by atoms with Crippen molar-refractivity contribution in [2.24, 2.45) is 5.41 Å². The molecule has 0 N–H and O–H groups in total.